The Labute approximate surface area is 158 Å². The van der Waals surface area contributed by atoms with Gasteiger partial charge in [0.2, 0.25) is 0 Å². The number of carbonyl (C=O) groups excluding carboxylic acids is 1. The van der Waals surface area contributed by atoms with Gasteiger partial charge in [0.25, 0.3) is 5.91 Å². The molecule has 1 aliphatic heterocycles. The number of amides is 1. The molecule has 0 N–H and O–H groups in total. The van der Waals surface area contributed by atoms with Gasteiger partial charge in [-0.1, -0.05) is 48.5 Å². The van der Waals surface area contributed by atoms with Gasteiger partial charge in [-0.25, -0.2) is 4.79 Å². The number of benzene rings is 2. The molecule has 0 atom stereocenters. The molecule has 4 nitrogen and oxygen atoms in total. The maximum absolute atomic E-state index is 12.9. The lowest BCUT2D eigenvalue weighted by Crippen LogP contribution is -2.40. The lowest BCUT2D eigenvalue weighted by molar-refractivity contribution is 0.0686. The van der Waals surface area contributed by atoms with Crippen molar-refractivity contribution in [1.29, 1.82) is 0 Å². The van der Waals surface area contributed by atoms with Crippen LogP contribution in [0.1, 0.15) is 34.3 Å². The molecule has 0 radical (unpaired) electrons. The molecule has 27 heavy (non-hydrogen) atoms. The molecule has 1 amide bonds. The van der Waals surface area contributed by atoms with Gasteiger partial charge in [-0.2, -0.15) is 0 Å². The third-order valence-corrected chi connectivity index (χ3v) is 5.46. The zero-order valence-electron chi connectivity index (χ0n) is 15.5. The minimum absolute atomic E-state index is 0.134. The molecule has 138 valence electrons. The lowest BCUT2D eigenvalue weighted by atomic mass is 9.90. The molecule has 0 spiro atoms. The van der Waals surface area contributed by atoms with Crippen LogP contribution in [0.3, 0.4) is 0 Å². The fourth-order valence-corrected chi connectivity index (χ4v) is 3.90. The normalized spacial score (nSPS) is 15.2. The molecule has 2 heterocycles. The topological polar surface area (TPSA) is 50.5 Å². The van der Waals surface area contributed by atoms with Crippen molar-refractivity contribution in [2.24, 2.45) is 5.92 Å². The van der Waals surface area contributed by atoms with Gasteiger partial charge in [0.1, 0.15) is 11.1 Å². The molecular formula is C23H23NO3. The van der Waals surface area contributed by atoms with Crippen LogP contribution in [0.25, 0.3) is 11.0 Å². The Hall–Kier alpha value is -2.88. The minimum Gasteiger partial charge on any atom is -0.422 e. The molecule has 3 aromatic rings. The van der Waals surface area contributed by atoms with Crippen molar-refractivity contribution in [2.75, 3.05) is 13.1 Å². The number of rotatable bonds is 3. The van der Waals surface area contributed by atoms with Gasteiger partial charge in [0.05, 0.1) is 0 Å². The zero-order valence-corrected chi connectivity index (χ0v) is 15.5. The van der Waals surface area contributed by atoms with Gasteiger partial charge in [0.15, 0.2) is 0 Å². The summed E-state index contributed by atoms with van der Waals surface area (Å²) in [5.41, 5.74) is 2.38. The summed E-state index contributed by atoms with van der Waals surface area (Å²) in [5, 5.41) is 0.789. The first-order valence-electron chi connectivity index (χ1n) is 9.48. The van der Waals surface area contributed by atoms with E-state index in [1.807, 2.05) is 31.2 Å². The van der Waals surface area contributed by atoms with Crippen molar-refractivity contribution in [3.8, 4) is 0 Å². The van der Waals surface area contributed by atoms with E-state index in [0.29, 0.717) is 24.6 Å². The van der Waals surface area contributed by atoms with Gasteiger partial charge in [0, 0.05) is 18.5 Å². The van der Waals surface area contributed by atoms with Gasteiger partial charge < -0.3 is 9.32 Å². The van der Waals surface area contributed by atoms with Crippen LogP contribution in [0, 0.1) is 12.8 Å². The summed E-state index contributed by atoms with van der Waals surface area (Å²) >= 11 is 0. The first-order valence-corrected chi connectivity index (χ1v) is 9.48. The van der Waals surface area contributed by atoms with Crippen LogP contribution in [-0.4, -0.2) is 23.9 Å². The van der Waals surface area contributed by atoms with E-state index in [4.69, 9.17) is 4.42 Å². The van der Waals surface area contributed by atoms with Crippen LogP contribution in [0.15, 0.2) is 63.8 Å². The van der Waals surface area contributed by atoms with E-state index in [1.165, 1.54) is 5.56 Å². The molecule has 1 aromatic heterocycles. The maximum atomic E-state index is 12.9. The fraction of sp³-hybridized carbons (Fsp3) is 0.304. The summed E-state index contributed by atoms with van der Waals surface area (Å²) < 4.78 is 5.43. The molecule has 0 bridgehead atoms. The molecular weight excluding hydrogens is 338 g/mol. The quantitative estimate of drug-likeness (QED) is 0.657. The number of nitrogens with zero attached hydrogens (tertiary/aromatic N) is 1. The lowest BCUT2D eigenvalue weighted by Gasteiger charge is -2.32. The van der Waals surface area contributed by atoms with E-state index in [-0.39, 0.29) is 11.5 Å². The maximum Gasteiger partial charge on any atom is 0.349 e. The minimum atomic E-state index is -0.548. The van der Waals surface area contributed by atoms with Gasteiger partial charge in [-0.05, 0) is 49.3 Å². The van der Waals surface area contributed by atoms with Gasteiger partial charge >= 0.3 is 5.63 Å². The summed E-state index contributed by atoms with van der Waals surface area (Å²) in [6.45, 7) is 3.26. The number of likely N-dealkylation sites (tertiary alicyclic amines) is 1. The molecule has 4 rings (SSSR count). The number of hydrogen-bond acceptors (Lipinski definition) is 3. The predicted molar refractivity (Wildman–Crippen MR) is 106 cm³/mol. The molecule has 0 aliphatic carbocycles. The highest BCUT2D eigenvalue weighted by molar-refractivity contribution is 5.97. The molecule has 1 fully saturated rings. The van der Waals surface area contributed by atoms with Crippen LogP contribution in [0.5, 0.6) is 0 Å². The van der Waals surface area contributed by atoms with Crippen molar-refractivity contribution in [3.63, 3.8) is 0 Å². The van der Waals surface area contributed by atoms with E-state index in [1.54, 1.807) is 11.0 Å². The fourth-order valence-electron chi connectivity index (χ4n) is 3.90. The molecule has 1 aliphatic rings. The van der Waals surface area contributed by atoms with E-state index in [9.17, 15) is 9.59 Å². The van der Waals surface area contributed by atoms with Crippen molar-refractivity contribution in [3.05, 3.63) is 81.7 Å². The Balaban J connectivity index is 1.47. The first kappa shape index (κ1) is 17.5. The number of piperidine rings is 1. The second kappa shape index (κ2) is 7.39. The number of aryl methyl sites for hydroxylation is 1. The summed E-state index contributed by atoms with van der Waals surface area (Å²) in [4.78, 5) is 27.0. The van der Waals surface area contributed by atoms with Gasteiger partial charge in [-0.15, -0.1) is 0 Å². The van der Waals surface area contributed by atoms with Crippen LogP contribution < -0.4 is 5.63 Å². The summed E-state index contributed by atoms with van der Waals surface area (Å²) in [7, 11) is 0. The highest BCUT2D eigenvalue weighted by Gasteiger charge is 2.26. The van der Waals surface area contributed by atoms with E-state index in [2.05, 4.69) is 24.3 Å². The van der Waals surface area contributed by atoms with Crippen LogP contribution in [-0.2, 0) is 6.42 Å². The summed E-state index contributed by atoms with van der Waals surface area (Å²) in [5.74, 6) is 0.359. The Kier molecular flexibility index (Phi) is 4.80. The van der Waals surface area contributed by atoms with Crippen molar-refractivity contribution < 1.29 is 9.21 Å². The summed E-state index contributed by atoms with van der Waals surface area (Å²) in [6, 6.07) is 17.8. The molecule has 4 heteroatoms. The molecule has 0 saturated carbocycles. The Bertz CT molecular complexity index is 1010. The highest BCUT2D eigenvalue weighted by atomic mass is 16.4. The second-order valence-corrected chi connectivity index (χ2v) is 7.37. The third-order valence-electron chi connectivity index (χ3n) is 5.46. The summed E-state index contributed by atoms with van der Waals surface area (Å²) in [6.07, 6.45) is 2.96. The molecule has 2 aromatic carbocycles. The average Bonchev–Trinajstić information content (AvgIpc) is 2.69. The first-order chi connectivity index (χ1) is 13.1. The third kappa shape index (κ3) is 3.65. The highest BCUT2D eigenvalue weighted by Crippen LogP contribution is 2.23. The predicted octanol–water partition coefficient (Wildman–Crippen LogP) is 4.20. The van der Waals surface area contributed by atoms with E-state index >= 15 is 0 Å². The number of fused-ring (bicyclic) bond motifs is 1. The SMILES string of the molecule is Cc1cccc2cc(C(=O)N3CCC(Cc4ccccc4)CC3)c(=O)oc12. The Morgan fingerprint density at radius 1 is 1.07 bits per heavy atom. The Morgan fingerprint density at radius 2 is 1.81 bits per heavy atom. The monoisotopic (exact) mass is 361 g/mol. The van der Waals surface area contributed by atoms with Crippen LogP contribution in [0.4, 0.5) is 0 Å². The van der Waals surface area contributed by atoms with Gasteiger partial charge in [-0.3, -0.25) is 4.79 Å². The number of carbonyl (C=O) groups is 1. The average molecular weight is 361 g/mol. The van der Waals surface area contributed by atoms with Crippen LogP contribution in [0.2, 0.25) is 0 Å². The number of para-hydroxylation sites is 1. The van der Waals surface area contributed by atoms with E-state index < -0.39 is 5.63 Å². The standard InChI is InChI=1S/C23H23NO3/c1-16-6-5-9-19-15-20(23(26)27-21(16)19)22(25)24-12-10-18(11-13-24)14-17-7-3-2-4-8-17/h2-9,15,18H,10-14H2,1H3. The molecule has 1 saturated heterocycles. The van der Waals surface area contributed by atoms with Crippen molar-refractivity contribution >= 4 is 16.9 Å². The van der Waals surface area contributed by atoms with Crippen LogP contribution >= 0.6 is 0 Å². The largest absolute Gasteiger partial charge is 0.422 e. The zero-order chi connectivity index (χ0) is 18.8. The van der Waals surface area contributed by atoms with E-state index in [0.717, 1.165) is 30.2 Å². The molecule has 0 unspecified atom stereocenters. The second-order valence-electron chi connectivity index (χ2n) is 7.37. The number of hydrogen-bond donors (Lipinski definition) is 0. The van der Waals surface area contributed by atoms with Crippen molar-refractivity contribution in [1.82, 2.24) is 4.90 Å². The Morgan fingerprint density at radius 3 is 2.56 bits per heavy atom. The van der Waals surface area contributed by atoms with Crippen molar-refractivity contribution in [2.45, 2.75) is 26.2 Å². The smallest absolute Gasteiger partial charge is 0.349 e.